The zero-order valence-electron chi connectivity index (χ0n) is 12.3. The molecule has 1 heterocycles. The number of carbonyl (C=O) groups is 1. The number of primary amides is 1. The van der Waals surface area contributed by atoms with Crippen LogP contribution in [0, 0.1) is 0 Å². The molecule has 1 atom stereocenters. The predicted octanol–water partition coefficient (Wildman–Crippen LogP) is -1.06. The molecule has 0 aromatic rings. The summed E-state index contributed by atoms with van der Waals surface area (Å²) in [5.41, 5.74) is 10.1. The zero-order valence-corrected chi connectivity index (χ0v) is 13.2. The third-order valence-electron chi connectivity index (χ3n) is 3.78. The summed E-state index contributed by atoms with van der Waals surface area (Å²) < 4.78 is 24.3. The third-order valence-corrected chi connectivity index (χ3v) is 5.09. The Morgan fingerprint density at radius 3 is 2.20 bits per heavy atom. The van der Waals surface area contributed by atoms with Crippen LogP contribution in [0.25, 0.3) is 0 Å². The van der Waals surface area contributed by atoms with Gasteiger partial charge in [0.2, 0.25) is 15.9 Å². The van der Waals surface area contributed by atoms with Gasteiger partial charge in [0, 0.05) is 26.2 Å². The number of unbranched alkanes of at least 4 members (excludes halogenated alkanes) is 1. The number of hydrogen-bond donors (Lipinski definition) is 2. The van der Waals surface area contributed by atoms with E-state index in [0.717, 1.165) is 32.5 Å². The predicted molar refractivity (Wildman–Crippen MR) is 78.5 cm³/mol. The van der Waals surface area contributed by atoms with E-state index in [1.807, 2.05) is 0 Å². The molecule has 0 saturated carbocycles. The molecule has 4 N–H and O–H groups in total. The summed E-state index contributed by atoms with van der Waals surface area (Å²) >= 11 is 0. The van der Waals surface area contributed by atoms with E-state index >= 15 is 0 Å². The molecule has 1 aliphatic heterocycles. The van der Waals surface area contributed by atoms with Gasteiger partial charge < -0.3 is 16.4 Å². The highest BCUT2D eigenvalue weighted by Gasteiger charge is 2.25. The maximum atomic E-state index is 11.4. The third kappa shape index (κ3) is 5.35. The summed E-state index contributed by atoms with van der Waals surface area (Å²) in [6, 6.07) is 0. The molecule has 0 spiro atoms. The molecule has 7 nitrogen and oxygen atoms in total. The molecule has 118 valence electrons. The lowest BCUT2D eigenvalue weighted by atomic mass is 9.95. The first-order chi connectivity index (χ1) is 9.13. The molecular formula is C12H26N4O3S. The Morgan fingerprint density at radius 2 is 1.75 bits per heavy atom. The van der Waals surface area contributed by atoms with Gasteiger partial charge in [0.1, 0.15) is 0 Å². The summed E-state index contributed by atoms with van der Waals surface area (Å²) in [6.07, 6.45) is 3.58. The van der Waals surface area contributed by atoms with Crippen molar-refractivity contribution in [2.75, 3.05) is 39.0 Å². The molecule has 1 fully saturated rings. The maximum Gasteiger partial charge on any atom is 0.237 e. The summed E-state index contributed by atoms with van der Waals surface area (Å²) in [6.45, 7) is 5.15. The first kappa shape index (κ1) is 17.4. The number of hydrogen-bond acceptors (Lipinski definition) is 5. The lowest BCUT2D eigenvalue weighted by Gasteiger charge is -2.33. The van der Waals surface area contributed by atoms with Crippen LogP contribution in [0.1, 0.15) is 26.2 Å². The van der Waals surface area contributed by atoms with E-state index in [-0.39, 0.29) is 0 Å². The fourth-order valence-electron chi connectivity index (χ4n) is 2.24. The lowest BCUT2D eigenvalue weighted by Crippen LogP contribution is -2.49. The van der Waals surface area contributed by atoms with Crippen molar-refractivity contribution in [1.29, 1.82) is 0 Å². The number of sulfonamides is 1. The number of nitrogens with two attached hydrogens (primary N) is 2. The van der Waals surface area contributed by atoms with Crippen molar-refractivity contribution in [2.45, 2.75) is 31.7 Å². The maximum absolute atomic E-state index is 11.4. The van der Waals surface area contributed by atoms with Crippen LogP contribution in [0.15, 0.2) is 0 Å². The highest BCUT2D eigenvalue weighted by molar-refractivity contribution is 7.88. The number of rotatable bonds is 7. The second kappa shape index (κ2) is 6.84. The van der Waals surface area contributed by atoms with Gasteiger partial charge in [-0.15, -0.1) is 0 Å². The van der Waals surface area contributed by atoms with Crippen LogP contribution in [0.2, 0.25) is 0 Å². The van der Waals surface area contributed by atoms with E-state index < -0.39 is 21.5 Å². The van der Waals surface area contributed by atoms with Crippen molar-refractivity contribution in [3.8, 4) is 0 Å². The molecule has 0 bridgehead atoms. The first-order valence-corrected chi connectivity index (χ1v) is 8.74. The van der Waals surface area contributed by atoms with Gasteiger partial charge in [-0.1, -0.05) is 0 Å². The van der Waals surface area contributed by atoms with Crippen LogP contribution in [0.3, 0.4) is 0 Å². The molecule has 0 aliphatic carbocycles. The Morgan fingerprint density at radius 1 is 1.20 bits per heavy atom. The van der Waals surface area contributed by atoms with Gasteiger partial charge in [-0.3, -0.25) is 4.79 Å². The van der Waals surface area contributed by atoms with Gasteiger partial charge in [-0.05, 0) is 32.7 Å². The summed E-state index contributed by atoms with van der Waals surface area (Å²) in [7, 11) is -3.06. The van der Waals surface area contributed by atoms with Crippen molar-refractivity contribution >= 4 is 15.9 Å². The van der Waals surface area contributed by atoms with Crippen LogP contribution in [0.5, 0.6) is 0 Å². The van der Waals surface area contributed by atoms with Gasteiger partial charge in [0.25, 0.3) is 0 Å². The van der Waals surface area contributed by atoms with E-state index in [2.05, 4.69) is 4.90 Å². The Balaban J connectivity index is 2.21. The van der Waals surface area contributed by atoms with Crippen LogP contribution in [0.4, 0.5) is 0 Å². The average molecular weight is 306 g/mol. The van der Waals surface area contributed by atoms with Gasteiger partial charge in [-0.2, -0.15) is 4.31 Å². The zero-order chi connectivity index (χ0) is 15.4. The standard InChI is InChI=1S/C12H26N4O3S/c1-12(14,11(13)17)5-3-4-6-15-7-9-16(10-8-15)20(2,18)19/h3-10,14H2,1-2H3,(H2,13,17). The molecule has 1 aliphatic rings. The van der Waals surface area contributed by atoms with Crippen molar-refractivity contribution in [3.63, 3.8) is 0 Å². The highest BCUT2D eigenvalue weighted by atomic mass is 32.2. The molecule has 1 saturated heterocycles. The number of amides is 1. The van der Waals surface area contributed by atoms with Gasteiger partial charge in [0.15, 0.2) is 0 Å². The Bertz CT molecular complexity index is 428. The minimum absolute atomic E-state index is 0.473. The molecule has 1 unspecified atom stereocenters. The van der Waals surface area contributed by atoms with E-state index in [1.54, 1.807) is 6.92 Å². The summed E-state index contributed by atoms with van der Waals surface area (Å²) in [4.78, 5) is 13.3. The normalized spacial score (nSPS) is 21.6. The molecule has 1 amide bonds. The van der Waals surface area contributed by atoms with Crippen LogP contribution in [-0.2, 0) is 14.8 Å². The largest absolute Gasteiger partial charge is 0.368 e. The molecule has 20 heavy (non-hydrogen) atoms. The first-order valence-electron chi connectivity index (χ1n) is 6.89. The van der Waals surface area contributed by atoms with Gasteiger partial charge >= 0.3 is 0 Å². The summed E-state index contributed by atoms with van der Waals surface area (Å²) in [5.74, 6) is -0.473. The van der Waals surface area contributed by atoms with Crippen LogP contribution < -0.4 is 11.5 Å². The molecular weight excluding hydrogens is 280 g/mol. The topological polar surface area (TPSA) is 110 Å². The van der Waals surface area contributed by atoms with Crippen molar-refractivity contribution in [2.24, 2.45) is 11.5 Å². The van der Waals surface area contributed by atoms with Crippen molar-refractivity contribution in [3.05, 3.63) is 0 Å². The Labute approximate surface area is 121 Å². The SMILES string of the molecule is CC(N)(CCCCN1CCN(S(C)(=O)=O)CC1)C(N)=O. The minimum Gasteiger partial charge on any atom is -0.368 e. The monoisotopic (exact) mass is 306 g/mol. The lowest BCUT2D eigenvalue weighted by molar-refractivity contribution is -0.122. The Kier molecular flexibility index (Phi) is 5.93. The van der Waals surface area contributed by atoms with Crippen LogP contribution >= 0.6 is 0 Å². The average Bonchev–Trinajstić information content (AvgIpc) is 2.34. The van der Waals surface area contributed by atoms with Crippen LogP contribution in [-0.4, -0.2) is 68.0 Å². The second-order valence-corrected chi connectivity index (χ2v) is 7.72. The minimum atomic E-state index is -3.06. The van der Waals surface area contributed by atoms with Gasteiger partial charge in [-0.25, -0.2) is 8.42 Å². The summed E-state index contributed by atoms with van der Waals surface area (Å²) in [5, 5.41) is 0. The second-order valence-electron chi connectivity index (χ2n) is 5.74. The van der Waals surface area contributed by atoms with E-state index in [0.29, 0.717) is 19.5 Å². The van der Waals surface area contributed by atoms with Crippen molar-refractivity contribution < 1.29 is 13.2 Å². The quantitative estimate of drug-likeness (QED) is 0.582. The van der Waals surface area contributed by atoms with Crippen molar-refractivity contribution in [1.82, 2.24) is 9.21 Å². The van der Waals surface area contributed by atoms with Gasteiger partial charge in [0.05, 0.1) is 11.8 Å². The number of piperazine rings is 1. The molecule has 0 aromatic heterocycles. The van der Waals surface area contributed by atoms with E-state index in [9.17, 15) is 13.2 Å². The number of nitrogens with zero attached hydrogens (tertiary/aromatic N) is 2. The Hall–Kier alpha value is -0.700. The van der Waals surface area contributed by atoms with E-state index in [1.165, 1.54) is 10.6 Å². The highest BCUT2D eigenvalue weighted by Crippen LogP contribution is 2.12. The fourth-order valence-corrected chi connectivity index (χ4v) is 3.06. The number of carbonyl (C=O) groups excluding carboxylic acids is 1. The van der Waals surface area contributed by atoms with E-state index in [4.69, 9.17) is 11.5 Å². The molecule has 1 rings (SSSR count). The fraction of sp³-hybridized carbons (Fsp3) is 0.917. The molecule has 0 radical (unpaired) electrons. The smallest absolute Gasteiger partial charge is 0.237 e. The molecule has 8 heteroatoms. The molecule has 0 aromatic carbocycles.